The Labute approximate surface area is 172 Å². The summed E-state index contributed by atoms with van der Waals surface area (Å²) in [5.41, 5.74) is 3.19. The number of hydrogen-bond donors (Lipinski definition) is 1. The van der Waals surface area contributed by atoms with Crippen molar-refractivity contribution in [3.05, 3.63) is 60.0 Å². The van der Waals surface area contributed by atoms with E-state index in [-0.39, 0.29) is 6.04 Å². The summed E-state index contributed by atoms with van der Waals surface area (Å²) in [6.07, 6.45) is 4.07. The van der Waals surface area contributed by atoms with Crippen LogP contribution in [-0.4, -0.2) is 54.9 Å². The molecule has 0 aliphatic carbocycles. The molecule has 0 saturated heterocycles. The maximum absolute atomic E-state index is 8.76. The zero-order valence-corrected chi connectivity index (χ0v) is 17.5. The molecule has 0 aliphatic heterocycles. The molecule has 0 aliphatic rings. The molecule has 0 spiro atoms. The Morgan fingerprint density at radius 3 is 2.38 bits per heavy atom. The van der Waals surface area contributed by atoms with E-state index < -0.39 is 0 Å². The molecule has 1 unspecified atom stereocenters. The third-order valence-corrected chi connectivity index (χ3v) is 5.21. The topological polar surface area (TPSA) is 71.3 Å². The molecule has 0 radical (unpaired) electrons. The molecule has 2 aromatic carbocycles. The molecule has 152 valence electrons. The van der Waals surface area contributed by atoms with Gasteiger partial charge in [-0.05, 0) is 38.6 Å². The van der Waals surface area contributed by atoms with Gasteiger partial charge in [0.1, 0.15) is 6.33 Å². The average molecular weight is 393 g/mol. The summed E-state index contributed by atoms with van der Waals surface area (Å²) >= 11 is 0. The van der Waals surface area contributed by atoms with E-state index in [1.165, 1.54) is 11.9 Å². The van der Waals surface area contributed by atoms with Crippen molar-refractivity contribution in [1.82, 2.24) is 14.9 Å². The molecule has 29 heavy (non-hydrogen) atoms. The average Bonchev–Trinajstić information content (AvgIpc) is 2.75. The van der Waals surface area contributed by atoms with E-state index in [1.54, 1.807) is 14.2 Å². The molecule has 0 saturated carbocycles. The van der Waals surface area contributed by atoms with Gasteiger partial charge in [0.25, 0.3) is 0 Å². The zero-order chi connectivity index (χ0) is 20.8. The van der Waals surface area contributed by atoms with E-state index in [9.17, 15) is 0 Å². The van der Waals surface area contributed by atoms with Gasteiger partial charge in [-0.3, -0.25) is 0 Å². The van der Waals surface area contributed by atoms with E-state index >= 15 is 0 Å². The minimum atomic E-state index is 0.243. The van der Waals surface area contributed by atoms with E-state index in [0.29, 0.717) is 29.3 Å². The highest BCUT2D eigenvalue weighted by molar-refractivity contribution is 6.07. The first kappa shape index (κ1) is 20.7. The molecule has 0 amide bonds. The van der Waals surface area contributed by atoms with Gasteiger partial charge >= 0.3 is 0 Å². The highest BCUT2D eigenvalue weighted by atomic mass is 16.5. The fourth-order valence-corrected chi connectivity index (χ4v) is 3.48. The number of nitrogens with zero attached hydrogens (tertiary/aromatic N) is 3. The van der Waals surface area contributed by atoms with Crippen molar-refractivity contribution in [3.63, 3.8) is 0 Å². The van der Waals surface area contributed by atoms with Crippen molar-refractivity contribution in [1.29, 1.82) is 5.41 Å². The van der Waals surface area contributed by atoms with Gasteiger partial charge in [0.2, 0.25) is 0 Å². The molecule has 3 rings (SSSR count). The number of methoxy groups -OCH3 is 2. The third-order valence-electron chi connectivity index (χ3n) is 5.21. The Hall–Kier alpha value is -2.99. The number of aryl methyl sites for hydroxylation is 1. The summed E-state index contributed by atoms with van der Waals surface area (Å²) in [4.78, 5) is 10.9. The second-order valence-electron chi connectivity index (χ2n) is 7.27. The lowest BCUT2D eigenvalue weighted by Gasteiger charge is -2.25. The standard InChI is InChI=1S/C23H28N4O2/c1-27(2)17(11-10-16-8-6-5-7-9-16)12-19(24)23-18-13-21(28-3)22(29-4)14-20(18)25-15-26-23/h5-9,13-15,17,24H,10-12H2,1-4H3. The lowest BCUT2D eigenvalue weighted by atomic mass is 9.97. The molecule has 1 atom stereocenters. The SMILES string of the molecule is COc1cc2ncnc(C(=N)CC(CCc3ccccc3)N(C)C)c2cc1OC. The quantitative estimate of drug-likeness (QED) is 0.558. The van der Waals surface area contributed by atoms with Gasteiger partial charge in [-0.2, -0.15) is 0 Å². The number of aromatic nitrogens is 2. The first-order valence-electron chi connectivity index (χ1n) is 9.68. The van der Waals surface area contributed by atoms with Crippen LogP contribution in [0, 0.1) is 5.41 Å². The van der Waals surface area contributed by atoms with Crippen LogP contribution in [0.5, 0.6) is 11.5 Å². The van der Waals surface area contributed by atoms with Crippen LogP contribution in [0.2, 0.25) is 0 Å². The second-order valence-corrected chi connectivity index (χ2v) is 7.27. The molecule has 0 bridgehead atoms. The Balaban J connectivity index is 1.83. The lowest BCUT2D eigenvalue weighted by Crippen LogP contribution is -2.31. The number of benzene rings is 2. The second kappa shape index (κ2) is 9.47. The minimum absolute atomic E-state index is 0.243. The van der Waals surface area contributed by atoms with Crippen molar-refractivity contribution in [2.75, 3.05) is 28.3 Å². The van der Waals surface area contributed by atoms with Crippen LogP contribution < -0.4 is 9.47 Å². The Morgan fingerprint density at radius 2 is 1.72 bits per heavy atom. The summed E-state index contributed by atoms with van der Waals surface area (Å²) in [5, 5.41) is 9.56. The van der Waals surface area contributed by atoms with Gasteiger partial charge in [-0.15, -0.1) is 0 Å². The number of rotatable bonds is 9. The van der Waals surface area contributed by atoms with Gasteiger partial charge in [0, 0.05) is 23.9 Å². The predicted molar refractivity (Wildman–Crippen MR) is 116 cm³/mol. The van der Waals surface area contributed by atoms with Gasteiger partial charge in [0.05, 0.1) is 31.1 Å². The van der Waals surface area contributed by atoms with Crippen LogP contribution in [0.1, 0.15) is 24.1 Å². The number of fused-ring (bicyclic) bond motifs is 1. The molecular formula is C23H28N4O2. The molecule has 6 heteroatoms. The molecule has 1 N–H and O–H groups in total. The summed E-state index contributed by atoms with van der Waals surface area (Å²) < 4.78 is 10.8. The van der Waals surface area contributed by atoms with Crippen LogP contribution in [0.15, 0.2) is 48.8 Å². The van der Waals surface area contributed by atoms with E-state index in [4.69, 9.17) is 14.9 Å². The smallest absolute Gasteiger partial charge is 0.162 e. The van der Waals surface area contributed by atoms with Crippen LogP contribution in [0.25, 0.3) is 10.9 Å². The summed E-state index contributed by atoms with van der Waals surface area (Å²) in [5.74, 6) is 1.22. The van der Waals surface area contributed by atoms with Gasteiger partial charge < -0.3 is 19.8 Å². The van der Waals surface area contributed by atoms with Crippen LogP contribution in [0.3, 0.4) is 0 Å². The van der Waals surface area contributed by atoms with E-state index in [1.807, 2.05) is 18.2 Å². The van der Waals surface area contributed by atoms with Crippen LogP contribution >= 0.6 is 0 Å². The molecule has 0 fully saturated rings. The highest BCUT2D eigenvalue weighted by Crippen LogP contribution is 2.32. The molecule has 1 heterocycles. The maximum atomic E-state index is 8.76. The first-order valence-corrected chi connectivity index (χ1v) is 9.68. The van der Waals surface area contributed by atoms with E-state index in [2.05, 4.69) is 53.2 Å². The van der Waals surface area contributed by atoms with Gasteiger partial charge in [0.15, 0.2) is 11.5 Å². The number of ether oxygens (including phenoxy) is 2. The Kier molecular flexibility index (Phi) is 6.77. The van der Waals surface area contributed by atoms with Crippen molar-refractivity contribution in [2.45, 2.75) is 25.3 Å². The van der Waals surface area contributed by atoms with Crippen LogP contribution in [0.4, 0.5) is 0 Å². The largest absolute Gasteiger partial charge is 0.493 e. The lowest BCUT2D eigenvalue weighted by molar-refractivity contribution is 0.285. The molecule has 3 aromatic rings. The minimum Gasteiger partial charge on any atom is -0.493 e. The summed E-state index contributed by atoms with van der Waals surface area (Å²) in [6, 6.07) is 14.4. The maximum Gasteiger partial charge on any atom is 0.162 e. The molecular weight excluding hydrogens is 364 g/mol. The van der Waals surface area contributed by atoms with Crippen molar-refractivity contribution < 1.29 is 9.47 Å². The third kappa shape index (κ3) is 4.90. The number of hydrogen-bond acceptors (Lipinski definition) is 6. The summed E-state index contributed by atoms with van der Waals surface area (Å²) in [7, 11) is 7.33. The normalized spacial score (nSPS) is 12.2. The number of nitrogens with one attached hydrogen (secondary N) is 1. The van der Waals surface area contributed by atoms with Crippen LogP contribution in [-0.2, 0) is 6.42 Å². The van der Waals surface area contributed by atoms with Crippen molar-refractivity contribution >= 4 is 16.6 Å². The van der Waals surface area contributed by atoms with Crippen molar-refractivity contribution in [3.8, 4) is 11.5 Å². The molecule has 1 aromatic heterocycles. The van der Waals surface area contributed by atoms with Gasteiger partial charge in [-0.25, -0.2) is 9.97 Å². The fourth-order valence-electron chi connectivity index (χ4n) is 3.48. The zero-order valence-electron chi connectivity index (χ0n) is 17.5. The first-order chi connectivity index (χ1) is 14.0. The monoisotopic (exact) mass is 392 g/mol. The van der Waals surface area contributed by atoms with Crippen molar-refractivity contribution in [2.24, 2.45) is 0 Å². The Morgan fingerprint density at radius 1 is 1.03 bits per heavy atom. The van der Waals surface area contributed by atoms with Gasteiger partial charge in [-0.1, -0.05) is 30.3 Å². The summed E-state index contributed by atoms with van der Waals surface area (Å²) in [6.45, 7) is 0. The van der Waals surface area contributed by atoms with E-state index in [0.717, 1.165) is 23.7 Å². The Bertz CT molecular complexity index is 973. The fraction of sp³-hybridized carbons (Fsp3) is 0.348. The molecule has 6 nitrogen and oxygen atoms in total. The predicted octanol–water partition coefficient (Wildman–Crippen LogP) is 3.97. The highest BCUT2D eigenvalue weighted by Gasteiger charge is 2.19.